The highest BCUT2D eigenvalue weighted by Crippen LogP contribution is 2.38. The summed E-state index contributed by atoms with van der Waals surface area (Å²) in [4.78, 5) is 17.6. The molecule has 0 amide bonds. The first kappa shape index (κ1) is 19.2. The number of nitrogens with zero attached hydrogens (tertiary/aromatic N) is 3. The second-order valence-corrected chi connectivity index (χ2v) is 8.20. The van der Waals surface area contributed by atoms with Gasteiger partial charge in [0.2, 0.25) is 0 Å². The van der Waals surface area contributed by atoms with E-state index >= 15 is 0 Å². The van der Waals surface area contributed by atoms with E-state index in [9.17, 15) is 4.79 Å². The van der Waals surface area contributed by atoms with Gasteiger partial charge in [-0.05, 0) is 38.3 Å². The first-order valence-electron chi connectivity index (χ1n) is 10.5. The van der Waals surface area contributed by atoms with Gasteiger partial charge >= 0.3 is 0 Å². The van der Waals surface area contributed by atoms with Crippen molar-refractivity contribution in [3.8, 4) is 0 Å². The van der Waals surface area contributed by atoms with Crippen LogP contribution in [-0.4, -0.2) is 59.4 Å². The summed E-state index contributed by atoms with van der Waals surface area (Å²) in [7, 11) is 0. The quantitative estimate of drug-likeness (QED) is 0.684. The zero-order chi connectivity index (χ0) is 19.5. The van der Waals surface area contributed by atoms with Crippen LogP contribution < -0.4 is 0 Å². The Morgan fingerprint density at radius 1 is 1.04 bits per heavy atom. The van der Waals surface area contributed by atoms with E-state index < -0.39 is 0 Å². The molecule has 0 unspecified atom stereocenters. The van der Waals surface area contributed by atoms with Crippen LogP contribution in [0.4, 0.5) is 0 Å². The number of carbonyl (C=O) groups excluding carboxylic acids is 1. The molecule has 1 aromatic heterocycles. The van der Waals surface area contributed by atoms with Crippen LogP contribution in [0, 0.1) is 13.8 Å². The third-order valence-corrected chi connectivity index (χ3v) is 6.00. The van der Waals surface area contributed by atoms with Crippen LogP contribution >= 0.6 is 0 Å². The van der Waals surface area contributed by atoms with Crippen LogP contribution in [0.25, 0.3) is 6.08 Å². The fourth-order valence-corrected chi connectivity index (χ4v) is 4.27. The zero-order valence-electron chi connectivity index (χ0n) is 17.1. The molecule has 0 atom stereocenters. The maximum atomic E-state index is 12.9. The average Bonchev–Trinajstić information content (AvgIpc) is 3.48. The first-order valence-corrected chi connectivity index (χ1v) is 10.5. The Balaban J connectivity index is 1.26. The molecule has 4 rings (SSSR count). The molecule has 0 spiro atoms. The second kappa shape index (κ2) is 8.46. The number of carbonyl (C=O) groups is 1. The van der Waals surface area contributed by atoms with Crippen molar-refractivity contribution in [2.24, 2.45) is 0 Å². The number of ketones is 1. The van der Waals surface area contributed by atoms with Crippen LogP contribution in [0.5, 0.6) is 0 Å². The van der Waals surface area contributed by atoms with E-state index in [2.05, 4.69) is 70.7 Å². The predicted octanol–water partition coefficient (Wildman–Crippen LogP) is 3.95. The van der Waals surface area contributed by atoms with E-state index in [0.29, 0.717) is 12.6 Å². The minimum atomic E-state index is 0.275. The number of hydrogen-bond donors (Lipinski definition) is 0. The minimum absolute atomic E-state index is 0.275. The lowest BCUT2D eigenvalue weighted by molar-refractivity contribution is 0.0864. The zero-order valence-corrected chi connectivity index (χ0v) is 17.1. The number of hydrogen-bond acceptors (Lipinski definition) is 3. The van der Waals surface area contributed by atoms with E-state index in [1.54, 1.807) is 0 Å². The lowest BCUT2D eigenvalue weighted by Gasteiger charge is -2.33. The van der Waals surface area contributed by atoms with E-state index in [0.717, 1.165) is 44.0 Å². The molecule has 28 heavy (non-hydrogen) atoms. The lowest BCUT2D eigenvalue weighted by Crippen LogP contribution is -2.47. The Morgan fingerprint density at radius 2 is 1.71 bits per heavy atom. The molecule has 2 aliphatic rings. The fraction of sp³-hybridized carbons (Fsp3) is 0.458. The molecule has 2 fully saturated rings. The number of aryl methyl sites for hydroxylation is 1. The maximum Gasteiger partial charge on any atom is 0.178 e. The van der Waals surface area contributed by atoms with Crippen LogP contribution in [0.15, 0.2) is 42.5 Å². The molecule has 4 nitrogen and oxygen atoms in total. The molecular formula is C24H31N3O. The van der Waals surface area contributed by atoms with Crippen molar-refractivity contribution in [3.05, 3.63) is 65.0 Å². The van der Waals surface area contributed by atoms with Gasteiger partial charge in [0.25, 0.3) is 0 Å². The SMILES string of the molecule is Cc1cc(C(=O)CN2CCN(C/C=C/c3ccccc3)CC2)c(C)n1C1CC1. The third-order valence-electron chi connectivity index (χ3n) is 6.00. The summed E-state index contributed by atoms with van der Waals surface area (Å²) in [5.74, 6) is 0.275. The van der Waals surface area contributed by atoms with Gasteiger partial charge in [-0.1, -0.05) is 42.5 Å². The van der Waals surface area contributed by atoms with E-state index in [-0.39, 0.29) is 5.78 Å². The smallest absolute Gasteiger partial charge is 0.178 e. The van der Waals surface area contributed by atoms with Gasteiger partial charge in [0.05, 0.1) is 6.54 Å². The summed E-state index contributed by atoms with van der Waals surface area (Å²) in [5, 5.41) is 0. The highest BCUT2D eigenvalue weighted by molar-refractivity contribution is 5.99. The number of piperazine rings is 1. The average molecular weight is 378 g/mol. The Bertz CT molecular complexity index is 840. The molecule has 0 radical (unpaired) electrons. The molecule has 2 aromatic rings. The largest absolute Gasteiger partial charge is 0.345 e. The normalized spacial score (nSPS) is 18.8. The highest BCUT2D eigenvalue weighted by Gasteiger charge is 2.29. The van der Waals surface area contributed by atoms with Crippen molar-refractivity contribution in [2.45, 2.75) is 32.7 Å². The molecule has 4 heteroatoms. The van der Waals surface area contributed by atoms with Gasteiger partial charge in [-0.15, -0.1) is 0 Å². The Labute approximate surface area is 168 Å². The molecule has 1 aliphatic heterocycles. The molecule has 0 bridgehead atoms. The Hall–Kier alpha value is -2.17. The summed E-state index contributed by atoms with van der Waals surface area (Å²) in [5.41, 5.74) is 4.57. The van der Waals surface area contributed by atoms with Gasteiger partial charge in [0.15, 0.2) is 5.78 Å². The van der Waals surface area contributed by atoms with Crippen LogP contribution in [-0.2, 0) is 0 Å². The van der Waals surface area contributed by atoms with E-state index in [4.69, 9.17) is 0 Å². The van der Waals surface area contributed by atoms with Crippen molar-refractivity contribution < 1.29 is 4.79 Å². The van der Waals surface area contributed by atoms with Gasteiger partial charge in [0, 0.05) is 55.7 Å². The van der Waals surface area contributed by atoms with Gasteiger partial charge in [-0.3, -0.25) is 14.6 Å². The van der Waals surface area contributed by atoms with Gasteiger partial charge in [-0.2, -0.15) is 0 Å². The second-order valence-electron chi connectivity index (χ2n) is 8.20. The predicted molar refractivity (Wildman–Crippen MR) is 115 cm³/mol. The fourth-order valence-electron chi connectivity index (χ4n) is 4.27. The van der Waals surface area contributed by atoms with Gasteiger partial charge in [0.1, 0.15) is 0 Å². The third kappa shape index (κ3) is 4.45. The van der Waals surface area contributed by atoms with Crippen molar-refractivity contribution in [1.82, 2.24) is 14.4 Å². The number of benzene rings is 1. The van der Waals surface area contributed by atoms with E-state index in [1.165, 1.54) is 24.1 Å². The van der Waals surface area contributed by atoms with Crippen molar-refractivity contribution >= 4 is 11.9 Å². The van der Waals surface area contributed by atoms with Gasteiger partial charge in [-0.25, -0.2) is 0 Å². The number of aromatic nitrogens is 1. The Morgan fingerprint density at radius 3 is 2.39 bits per heavy atom. The number of rotatable bonds is 7. The molecule has 1 saturated heterocycles. The highest BCUT2D eigenvalue weighted by atomic mass is 16.1. The summed E-state index contributed by atoms with van der Waals surface area (Å²) >= 11 is 0. The number of Topliss-reactive ketones (excluding diaryl/α,β-unsaturated/α-hetero) is 1. The Kier molecular flexibility index (Phi) is 5.79. The molecular weight excluding hydrogens is 346 g/mol. The van der Waals surface area contributed by atoms with Crippen molar-refractivity contribution in [1.29, 1.82) is 0 Å². The van der Waals surface area contributed by atoms with Crippen LogP contribution in [0.1, 0.15) is 46.2 Å². The molecule has 148 valence electrons. The summed E-state index contributed by atoms with van der Waals surface area (Å²) in [6.07, 6.45) is 6.93. The van der Waals surface area contributed by atoms with E-state index in [1.807, 2.05) is 6.07 Å². The molecule has 1 saturated carbocycles. The lowest BCUT2D eigenvalue weighted by atomic mass is 10.1. The van der Waals surface area contributed by atoms with Crippen molar-refractivity contribution in [3.63, 3.8) is 0 Å². The van der Waals surface area contributed by atoms with Gasteiger partial charge < -0.3 is 4.57 Å². The summed E-state index contributed by atoms with van der Waals surface area (Å²) < 4.78 is 2.37. The summed E-state index contributed by atoms with van der Waals surface area (Å²) in [6, 6.07) is 13.2. The molecule has 0 N–H and O–H groups in total. The van der Waals surface area contributed by atoms with Crippen LogP contribution in [0.2, 0.25) is 0 Å². The first-order chi connectivity index (χ1) is 13.6. The molecule has 1 aromatic carbocycles. The monoisotopic (exact) mass is 377 g/mol. The molecule has 1 aliphatic carbocycles. The standard InChI is InChI=1S/C24H31N3O/c1-19-17-23(20(2)27(19)22-10-11-22)24(28)18-26-15-13-25(14-16-26)12-6-9-21-7-4-3-5-8-21/h3-9,17,22H,10-16,18H2,1-2H3/b9-6+. The van der Waals surface area contributed by atoms with Crippen molar-refractivity contribution in [2.75, 3.05) is 39.3 Å². The summed E-state index contributed by atoms with van der Waals surface area (Å²) in [6.45, 7) is 9.72. The maximum absolute atomic E-state index is 12.9. The van der Waals surface area contributed by atoms with Crippen LogP contribution in [0.3, 0.4) is 0 Å². The minimum Gasteiger partial charge on any atom is -0.345 e. The topological polar surface area (TPSA) is 28.5 Å². The molecule has 2 heterocycles.